The van der Waals surface area contributed by atoms with Crippen molar-refractivity contribution in [1.82, 2.24) is 0 Å². The van der Waals surface area contributed by atoms with Crippen molar-refractivity contribution in [1.29, 1.82) is 0 Å². The predicted octanol–water partition coefficient (Wildman–Crippen LogP) is 4.15. The summed E-state index contributed by atoms with van der Waals surface area (Å²) < 4.78 is 0.834. The lowest BCUT2D eigenvalue weighted by molar-refractivity contribution is -0.133. The second-order valence-electron chi connectivity index (χ2n) is 5.08. The smallest absolute Gasteiger partial charge is 0.314 e. The Morgan fingerprint density at radius 3 is 2.04 bits per heavy atom. The Kier molecular flexibility index (Phi) is 5.93. The number of hydrogen-bond acceptors (Lipinski definition) is 2. The second kappa shape index (κ2) is 7.92. The monoisotopic (exact) mass is 374 g/mol. The lowest BCUT2D eigenvalue weighted by Gasteiger charge is -2.14. The van der Waals surface area contributed by atoms with E-state index in [1.807, 2.05) is 38.1 Å². The highest BCUT2D eigenvalue weighted by Gasteiger charge is 2.17. The minimum absolute atomic E-state index is 0.569. The molecule has 0 saturated carbocycles. The zero-order chi connectivity index (χ0) is 16.8. The summed E-state index contributed by atoms with van der Waals surface area (Å²) in [6.45, 7) is 4.04. The fraction of sp³-hybridized carbons (Fsp3) is 0.222. The van der Waals surface area contributed by atoms with Crippen molar-refractivity contribution in [3.8, 4) is 0 Å². The maximum atomic E-state index is 12.2. The van der Waals surface area contributed by atoms with Gasteiger partial charge in [-0.15, -0.1) is 0 Å². The molecule has 2 amide bonds. The van der Waals surface area contributed by atoms with Crippen molar-refractivity contribution in [2.24, 2.45) is 0 Å². The Hall–Kier alpha value is -2.14. The molecule has 23 heavy (non-hydrogen) atoms. The summed E-state index contributed by atoms with van der Waals surface area (Å²) in [5, 5.41) is 5.35. The highest BCUT2D eigenvalue weighted by Crippen LogP contribution is 2.22. The number of anilines is 2. The van der Waals surface area contributed by atoms with Crippen molar-refractivity contribution in [3.05, 3.63) is 58.1 Å². The predicted molar refractivity (Wildman–Crippen MR) is 96.6 cm³/mol. The molecule has 2 aromatic rings. The zero-order valence-electron chi connectivity index (χ0n) is 13.2. The van der Waals surface area contributed by atoms with Crippen LogP contribution in [0.5, 0.6) is 0 Å². The average Bonchev–Trinajstić information content (AvgIpc) is 2.54. The lowest BCUT2D eigenvalue weighted by Crippen LogP contribution is -2.29. The number of amides is 2. The molecule has 0 fully saturated rings. The van der Waals surface area contributed by atoms with Crippen molar-refractivity contribution in [2.75, 3.05) is 10.6 Å². The van der Waals surface area contributed by atoms with E-state index in [4.69, 9.17) is 0 Å². The number of carbonyl (C=O) groups excluding carboxylic acids is 2. The van der Waals surface area contributed by atoms with E-state index in [9.17, 15) is 9.59 Å². The summed E-state index contributed by atoms with van der Waals surface area (Å²) in [6.07, 6.45) is 1.58. The van der Waals surface area contributed by atoms with Gasteiger partial charge in [0, 0.05) is 15.8 Å². The molecule has 0 saturated heterocycles. The molecule has 5 heteroatoms. The molecule has 0 atom stereocenters. The van der Waals surface area contributed by atoms with Gasteiger partial charge in [0.25, 0.3) is 0 Å². The van der Waals surface area contributed by atoms with Crippen LogP contribution in [-0.2, 0) is 22.4 Å². The molecule has 0 aliphatic carbocycles. The van der Waals surface area contributed by atoms with Crippen molar-refractivity contribution >= 4 is 39.1 Å². The minimum Gasteiger partial charge on any atom is -0.318 e. The van der Waals surface area contributed by atoms with E-state index in [1.54, 1.807) is 18.2 Å². The fourth-order valence-electron chi connectivity index (χ4n) is 2.33. The van der Waals surface area contributed by atoms with Gasteiger partial charge in [0.15, 0.2) is 0 Å². The molecule has 0 radical (unpaired) electrons. The molecule has 0 aliphatic rings. The number of rotatable bonds is 4. The van der Waals surface area contributed by atoms with Crippen LogP contribution in [-0.4, -0.2) is 11.8 Å². The number of halogens is 1. The summed E-state index contributed by atoms with van der Waals surface area (Å²) in [4.78, 5) is 24.3. The van der Waals surface area contributed by atoms with Crippen LogP contribution in [0, 0.1) is 0 Å². The largest absolute Gasteiger partial charge is 0.318 e. The summed E-state index contributed by atoms with van der Waals surface area (Å²) in [7, 11) is 0. The lowest BCUT2D eigenvalue weighted by atomic mass is 10.0. The quantitative estimate of drug-likeness (QED) is 0.789. The van der Waals surface area contributed by atoms with Crippen LogP contribution >= 0.6 is 15.9 Å². The van der Waals surface area contributed by atoms with Crippen molar-refractivity contribution < 1.29 is 9.59 Å². The third-order valence-electron chi connectivity index (χ3n) is 3.53. The zero-order valence-corrected chi connectivity index (χ0v) is 14.7. The van der Waals surface area contributed by atoms with Crippen LogP contribution in [0.3, 0.4) is 0 Å². The van der Waals surface area contributed by atoms with Crippen LogP contribution in [0.2, 0.25) is 0 Å². The van der Waals surface area contributed by atoms with Gasteiger partial charge in [0.1, 0.15) is 0 Å². The first-order valence-electron chi connectivity index (χ1n) is 7.53. The van der Waals surface area contributed by atoms with E-state index in [2.05, 4.69) is 26.6 Å². The first-order chi connectivity index (χ1) is 11.0. The van der Waals surface area contributed by atoms with E-state index in [0.717, 1.165) is 34.1 Å². The molecule has 120 valence electrons. The SMILES string of the molecule is CCc1cccc(CC)c1NC(=O)C(=O)Nc1cccc(Br)c1. The normalized spacial score (nSPS) is 10.2. The summed E-state index contributed by atoms with van der Waals surface area (Å²) in [6, 6.07) is 13.0. The summed E-state index contributed by atoms with van der Waals surface area (Å²) in [5.74, 6) is -1.35. The summed E-state index contributed by atoms with van der Waals surface area (Å²) >= 11 is 3.33. The van der Waals surface area contributed by atoms with Crippen LogP contribution in [0.1, 0.15) is 25.0 Å². The van der Waals surface area contributed by atoms with Gasteiger partial charge in [-0.05, 0) is 42.2 Å². The van der Waals surface area contributed by atoms with Crippen LogP contribution < -0.4 is 10.6 Å². The Labute approximate surface area is 144 Å². The molecular formula is C18H19BrN2O2. The van der Waals surface area contributed by atoms with Gasteiger partial charge in [-0.25, -0.2) is 0 Å². The Morgan fingerprint density at radius 1 is 0.913 bits per heavy atom. The molecule has 0 heterocycles. The molecule has 0 unspecified atom stereocenters. The molecular weight excluding hydrogens is 356 g/mol. The number of benzene rings is 2. The number of para-hydroxylation sites is 1. The number of carbonyl (C=O) groups is 2. The van der Waals surface area contributed by atoms with Gasteiger partial charge in [-0.3, -0.25) is 9.59 Å². The van der Waals surface area contributed by atoms with Crippen LogP contribution in [0.25, 0.3) is 0 Å². The highest BCUT2D eigenvalue weighted by molar-refractivity contribution is 9.10. The highest BCUT2D eigenvalue weighted by atomic mass is 79.9. The summed E-state index contributed by atoms with van der Waals surface area (Å²) in [5.41, 5.74) is 3.35. The number of aryl methyl sites for hydroxylation is 2. The van der Waals surface area contributed by atoms with Crippen molar-refractivity contribution in [3.63, 3.8) is 0 Å². The molecule has 0 spiro atoms. The van der Waals surface area contributed by atoms with Crippen molar-refractivity contribution in [2.45, 2.75) is 26.7 Å². The Bertz CT molecular complexity index is 706. The second-order valence-corrected chi connectivity index (χ2v) is 5.99. The van der Waals surface area contributed by atoms with E-state index in [1.165, 1.54) is 0 Å². The Morgan fingerprint density at radius 2 is 1.48 bits per heavy atom. The minimum atomic E-state index is -0.684. The molecule has 2 rings (SSSR count). The molecule has 2 aromatic carbocycles. The van der Waals surface area contributed by atoms with Gasteiger partial charge in [0.2, 0.25) is 0 Å². The average molecular weight is 375 g/mol. The van der Waals surface area contributed by atoms with E-state index >= 15 is 0 Å². The van der Waals surface area contributed by atoms with E-state index in [0.29, 0.717) is 5.69 Å². The van der Waals surface area contributed by atoms with Gasteiger partial charge in [-0.1, -0.05) is 54.0 Å². The number of hydrogen-bond donors (Lipinski definition) is 2. The molecule has 0 aromatic heterocycles. The maximum absolute atomic E-state index is 12.2. The third kappa shape index (κ3) is 4.42. The Balaban J connectivity index is 2.14. The van der Waals surface area contributed by atoms with Gasteiger partial charge in [-0.2, -0.15) is 0 Å². The van der Waals surface area contributed by atoms with Gasteiger partial charge >= 0.3 is 11.8 Å². The topological polar surface area (TPSA) is 58.2 Å². The standard InChI is InChI=1S/C18H19BrN2O2/c1-3-12-7-5-8-13(4-2)16(12)21-18(23)17(22)20-15-10-6-9-14(19)11-15/h5-11H,3-4H2,1-2H3,(H,20,22)(H,21,23). The van der Waals surface area contributed by atoms with E-state index in [-0.39, 0.29) is 0 Å². The van der Waals surface area contributed by atoms with Gasteiger partial charge < -0.3 is 10.6 Å². The molecule has 2 N–H and O–H groups in total. The fourth-order valence-corrected chi connectivity index (χ4v) is 2.73. The van der Waals surface area contributed by atoms with Gasteiger partial charge in [0.05, 0.1) is 0 Å². The molecule has 0 bridgehead atoms. The first kappa shape index (κ1) is 17.2. The van der Waals surface area contributed by atoms with Crippen LogP contribution in [0.4, 0.5) is 11.4 Å². The third-order valence-corrected chi connectivity index (χ3v) is 4.02. The number of nitrogens with one attached hydrogen (secondary N) is 2. The molecule has 0 aliphatic heterocycles. The molecule has 4 nitrogen and oxygen atoms in total. The van der Waals surface area contributed by atoms with E-state index < -0.39 is 11.8 Å². The van der Waals surface area contributed by atoms with Crippen LogP contribution in [0.15, 0.2) is 46.9 Å². The maximum Gasteiger partial charge on any atom is 0.314 e. The first-order valence-corrected chi connectivity index (χ1v) is 8.33.